The van der Waals surface area contributed by atoms with Crippen molar-refractivity contribution < 1.29 is 9.76 Å². The zero-order valence-electron chi connectivity index (χ0n) is 6.52. The van der Waals surface area contributed by atoms with Gasteiger partial charge in [0.1, 0.15) is 3.61 Å². The van der Waals surface area contributed by atoms with Crippen LogP contribution in [0.2, 0.25) is 0 Å². The molecular formula is C6H12BIO2. The zero-order chi connectivity index (χ0) is 8.41. The number of halogens is 1. The molecule has 0 aromatic rings. The van der Waals surface area contributed by atoms with Crippen molar-refractivity contribution in [2.24, 2.45) is 0 Å². The molecule has 4 heteroatoms. The summed E-state index contributed by atoms with van der Waals surface area (Å²) in [5, 5.41) is 9.34. The standard InChI is InChI=1S/C6H12BIO2/c1-5(2,9)4-6(3,8)10-7/h9H,4H2,1-3H3. The first-order valence-corrected chi connectivity index (χ1v) is 4.14. The molecule has 0 aromatic carbocycles. The van der Waals surface area contributed by atoms with Gasteiger partial charge in [0.2, 0.25) is 0 Å². The van der Waals surface area contributed by atoms with E-state index in [0.29, 0.717) is 6.42 Å². The van der Waals surface area contributed by atoms with Crippen molar-refractivity contribution in [1.82, 2.24) is 0 Å². The normalized spacial score (nSPS) is 18.5. The largest absolute Gasteiger partial charge is 0.435 e. The Bertz CT molecular complexity index is 109. The van der Waals surface area contributed by atoms with E-state index < -0.39 is 9.21 Å². The van der Waals surface area contributed by atoms with Crippen LogP contribution in [-0.4, -0.2) is 22.4 Å². The molecular weight excluding hydrogens is 242 g/mol. The van der Waals surface area contributed by atoms with Gasteiger partial charge < -0.3 is 9.76 Å². The van der Waals surface area contributed by atoms with Gasteiger partial charge >= 0.3 is 0 Å². The van der Waals surface area contributed by atoms with E-state index in [4.69, 9.17) is 8.05 Å². The summed E-state index contributed by atoms with van der Waals surface area (Å²) in [7, 11) is 4.99. The summed E-state index contributed by atoms with van der Waals surface area (Å²) in [6.45, 7) is 5.28. The lowest BCUT2D eigenvalue weighted by Crippen LogP contribution is -2.32. The number of alkyl halides is 1. The quantitative estimate of drug-likeness (QED) is 0.468. The van der Waals surface area contributed by atoms with Crippen LogP contribution < -0.4 is 0 Å². The van der Waals surface area contributed by atoms with E-state index in [0.717, 1.165) is 0 Å². The molecule has 1 unspecified atom stereocenters. The molecule has 0 aliphatic rings. The summed E-state index contributed by atoms with van der Waals surface area (Å²) in [6.07, 6.45) is 0.511. The Morgan fingerprint density at radius 1 is 1.50 bits per heavy atom. The van der Waals surface area contributed by atoms with Crippen LogP contribution in [0.4, 0.5) is 0 Å². The van der Waals surface area contributed by atoms with Crippen molar-refractivity contribution in [3.05, 3.63) is 0 Å². The highest BCUT2D eigenvalue weighted by atomic mass is 127. The smallest absolute Gasteiger partial charge is 0.284 e. The first-order chi connectivity index (χ1) is 4.27. The second kappa shape index (κ2) is 3.41. The SMILES string of the molecule is [B]OC(C)(I)CC(C)(C)O. The minimum Gasteiger partial charge on any atom is -0.435 e. The van der Waals surface area contributed by atoms with Gasteiger partial charge in [-0.2, -0.15) is 0 Å². The highest BCUT2D eigenvalue weighted by Gasteiger charge is 2.27. The molecule has 0 aliphatic heterocycles. The average Bonchev–Trinajstić information content (AvgIpc) is 1.60. The van der Waals surface area contributed by atoms with Crippen LogP contribution in [0.25, 0.3) is 0 Å². The predicted octanol–water partition coefficient (Wildman–Crippen LogP) is 1.40. The molecule has 0 saturated heterocycles. The Kier molecular flexibility index (Phi) is 3.65. The summed E-state index contributed by atoms with van der Waals surface area (Å²) in [4.78, 5) is 0. The third-order valence-corrected chi connectivity index (χ3v) is 1.63. The Morgan fingerprint density at radius 2 is 1.90 bits per heavy atom. The van der Waals surface area contributed by atoms with Gasteiger partial charge in [-0.15, -0.1) is 0 Å². The van der Waals surface area contributed by atoms with E-state index >= 15 is 0 Å². The molecule has 0 amide bonds. The van der Waals surface area contributed by atoms with Crippen molar-refractivity contribution in [3.63, 3.8) is 0 Å². The van der Waals surface area contributed by atoms with Crippen molar-refractivity contribution >= 4 is 30.6 Å². The van der Waals surface area contributed by atoms with Gasteiger partial charge in [-0.25, -0.2) is 0 Å². The summed E-state index contributed by atoms with van der Waals surface area (Å²) < 4.78 is 4.16. The van der Waals surface area contributed by atoms with Crippen LogP contribution in [-0.2, 0) is 4.65 Å². The molecule has 0 heterocycles. The Balaban J connectivity index is 3.89. The molecule has 2 radical (unpaired) electrons. The van der Waals surface area contributed by atoms with Gasteiger partial charge in [-0.05, 0) is 43.4 Å². The van der Waals surface area contributed by atoms with E-state index in [9.17, 15) is 5.11 Å². The van der Waals surface area contributed by atoms with E-state index in [1.165, 1.54) is 0 Å². The molecule has 0 rings (SSSR count). The fourth-order valence-corrected chi connectivity index (χ4v) is 1.75. The Labute approximate surface area is 76.9 Å². The molecule has 10 heavy (non-hydrogen) atoms. The minimum absolute atomic E-state index is 0.476. The van der Waals surface area contributed by atoms with Gasteiger partial charge in [-0.3, -0.25) is 0 Å². The molecule has 0 saturated carbocycles. The van der Waals surface area contributed by atoms with Crippen molar-refractivity contribution in [1.29, 1.82) is 0 Å². The molecule has 0 fully saturated rings. The van der Waals surface area contributed by atoms with Crippen molar-refractivity contribution in [2.45, 2.75) is 36.4 Å². The van der Waals surface area contributed by atoms with Crippen LogP contribution in [0.1, 0.15) is 27.2 Å². The van der Waals surface area contributed by atoms with Gasteiger partial charge in [-0.1, -0.05) is 0 Å². The van der Waals surface area contributed by atoms with Crippen LogP contribution in [0.3, 0.4) is 0 Å². The zero-order valence-corrected chi connectivity index (χ0v) is 8.68. The summed E-state index contributed by atoms with van der Waals surface area (Å²) >= 11 is 2.06. The van der Waals surface area contributed by atoms with Crippen LogP contribution in [0.5, 0.6) is 0 Å². The van der Waals surface area contributed by atoms with E-state index in [1.54, 1.807) is 13.8 Å². The Morgan fingerprint density at radius 3 is 2.00 bits per heavy atom. The monoisotopic (exact) mass is 254 g/mol. The average molecular weight is 254 g/mol. The van der Waals surface area contributed by atoms with Crippen molar-refractivity contribution in [3.8, 4) is 0 Å². The van der Waals surface area contributed by atoms with Gasteiger partial charge in [0.15, 0.2) is 0 Å². The molecule has 1 N–H and O–H groups in total. The van der Waals surface area contributed by atoms with Crippen molar-refractivity contribution in [2.75, 3.05) is 0 Å². The number of aliphatic hydroxyl groups is 1. The van der Waals surface area contributed by atoms with Gasteiger partial charge in [0.05, 0.1) is 5.60 Å². The third kappa shape index (κ3) is 5.50. The lowest BCUT2D eigenvalue weighted by molar-refractivity contribution is 0.0291. The lowest BCUT2D eigenvalue weighted by Gasteiger charge is -2.28. The topological polar surface area (TPSA) is 29.5 Å². The molecule has 58 valence electrons. The maximum absolute atomic E-state index is 9.34. The second-order valence-corrected chi connectivity index (χ2v) is 5.49. The molecule has 0 bridgehead atoms. The summed E-state index contributed by atoms with van der Waals surface area (Å²) in [5.74, 6) is 0. The van der Waals surface area contributed by atoms with E-state index in [1.807, 2.05) is 6.92 Å². The molecule has 0 spiro atoms. The summed E-state index contributed by atoms with van der Waals surface area (Å²) in [6, 6.07) is 0. The number of rotatable bonds is 3. The van der Waals surface area contributed by atoms with Gasteiger partial charge in [0.25, 0.3) is 8.05 Å². The molecule has 1 atom stereocenters. The molecule has 0 aliphatic carbocycles. The highest BCUT2D eigenvalue weighted by molar-refractivity contribution is 14.1. The Hall–Kier alpha value is 0.715. The molecule has 0 aromatic heterocycles. The first kappa shape index (κ1) is 10.7. The maximum Gasteiger partial charge on any atom is 0.284 e. The summed E-state index contributed by atoms with van der Waals surface area (Å²) in [5.41, 5.74) is -0.727. The fourth-order valence-electron chi connectivity index (χ4n) is 0.814. The lowest BCUT2D eigenvalue weighted by atomic mass is 10.0. The number of hydrogen-bond donors (Lipinski definition) is 1. The minimum atomic E-state index is -0.727. The third-order valence-electron chi connectivity index (χ3n) is 0.994. The van der Waals surface area contributed by atoms with Gasteiger partial charge in [0, 0.05) is 6.42 Å². The van der Waals surface area contributed by atoms with E-state index in [2.05, 4.69) is 27.2 Å². The fraction of sp³-hybridized carbons (Fsp3) is 1.00. The van der Waals surface area contributed by atoms with Crippen LogP contribution in [0.15, 0.2) is 0 Å². The maximum atomic E-state index is 9.34. The predicted molar refractivity (Wildman–Crippen MR) is 50.2 cm³/mol. The van der Waals surface area contributed by atoms with Crippen LogP contribution in [0, 0.1) is 0 Å². The number of hydrogen-bond acceptors (Lipinski definition) is 2. The highest BCUT2D eigenvalue weighted by Crippen LogP contribution is 2.28. The van der Waals surface area contributed by atoms with Crippen LogP contribution >= 0.6 is 22.6 Å². The molecule has 2 nitrogen and oxygen atoms in total. The van der Waals surface area contributed by atoms with E-state index in [-0.39, 0.29) is 0 Å². The second-order valence-electron chi connectivity index (χ2n) is 3.21. The first-order valence-electron chi connectivity index (χ1n) is 3.06.